The Morgan fingerprint density at radius 3 is 2.27 bits per heavy atom. The van der Waals surface area contributed by atoms with Crippen LogP contribution in [0.15, 0.2) is 90.4 Å². The smallest absolute Gasteiger partial charge is 0.417 e. The molecule has 0 aliphatic carbocycles. The first-order chi connectivity index (χ1) is 34.5. The molecule has 20 heteroatoms. The Hall–Kier alpha value is -6.79. The van der Waals surface area contributed by atoms with Crippen LogP contribution in [0.1, 0.15) is 76.3 Å². The minimum Gasteiger partial charge on any atom is -0.494 e. The maximum atomic E-state index is 15.9. The first-order valence-corrected chi connectivity index (χ1v) is 24.7. The molecule has 4 amide bonds. The van der Waals surface area contributed by atoms with Crippen LogP contribution in [0.4, 0.5) is 28.9 Å². The van der Waals surface area contributed by atoms with Crippen LogP contribution in [0.5, 0.6) is 5.75 Å². The van der Waals surface area contributed by atoms with Gasteiger partial charge in [0.1, 0.15) is 35.8 Å². The molecule has 384 valence electrons. The Bertz CT molecular complexity index is 2920. The number of aliphatic hydroxyl groups is 1. The molecule has 3 heterocycles. The largest absolute Gasteiger partial charge is 0.494 e. The van der Waals surface area contributed by atoms with E-state index in [0.29, 0.717) is 42.4 Å². The van der Waals surface area contributed by atoms with Crippen LogP contribution < -0.4 is 25.2 Å². The number of ether oxygens (including phenoxy) is 2. The number of carbonyl (C=O) groups excluding carboxylic acids is 4. The zero-order valence-electron chi connectivity index (χ0n) is 41.0. The van der Waals surface area contributed by atoms with Gasteiger partial charge < -0.3 is 35.0 Å². The van der Waals surface area contributed by atoms with Gasteiger partial charge in [0.15, 0.2) is 5.11 Å². The Balaban J connectivity index is 0.853. The third kappa shape index (κ3) is 12.2. The van der Waals surface area contributed by atoms with Crippen LogP contribution in [-0.2, 0) is 36.6 Å². The number of β-amino-alcohol motifs (C(OH)–C–C–N with tert-alkyl or cyclic N) is 1. The maximum absolute atomic E-state index is 15.9. The van der Waals surface area contributed by atoms with Gasteiger partial charge in [0.05, 0.1) is 57.4 Å². The summed E-state index contributed by atoms with van der Waals surface area (Å²) in [5.41, 5.74) is 1.47. The lowest BCUT2D eigenvalue weighted by atomic mass is 9.85. The first kappa shape index (κ1) is 54.0. The summed E-state index contributed by atoms with van der Waals surface area (Å²) in [5.74, 6) is -2.24. The molecule has 4 aromatic carbocycles. The van der Waals surface area contributed by atoms with Crippen LogP contribution in [0.3, 0.4) is 0 Å². The highest BCUT2D eigenvalue weighted by Gasteiger charge is 2.51. The Labute approximate surface area is 429 Å². The summed E-state index contributed by atoms with van der Waals surface area (Å²) in [7, 11) is 0. The number of unbranched alkanes of at least 4 members (excludes halogenated alkanes) is 1. The second-order valence-electron chi connectivity index (χ2n) is 19.4. The van der Waals surface area contributed by atoms with E-state index in [1.807, 2.05) is 31.2 Å². The molecule has 0 radical (unpaired) electrons. The van der Waals surface area contributed by atoms with Gasteiger partial charge in [-0.25, -0.2) is 9.37 Å². The number of aryl methyl sites for hydroxylation is 1. The van der Waals surface area contributed by atoms with E-state index in [4.69, 9.17) is 21.7 Å². The second kappa shape index (κ2) is 22.1. The average Bonchev–Trinajstić information content (AvgIpc) is 4.01. The molecule has 2 fully saturated rings. The predicted octanol–water partition coefficient (Wildman–Crippen LogP) is 8.72. The summed E-state index contributed by atoms with van der Waals surface area (Å²) in [6, 6.07) is 21.5. The first-order valence-electron chi connectivity index (χ1n) is 23.4. The number of nitrogens with one attached hydrogen (secondary N) is 2. The van der Waals surface area contributed by atoms with E-state index in [-0.39, 0.29) is 49.2 Å². The number of aromatic nitrogens is 1. The predicted molar refractivity (Wildman–Crippen MR) is 272 cm³/mol. The number of rotatable bonds is 17. The quantitative estimate of drug-likeness (QED) is 0.0461. The highest BCUT2D eigenvalue weighted by Crippen LogP contribution is 2.41. The van der Waals surface area contributed by atoms with Gasteiger partial charge in [-0.05, 0) is 116 Å². The van der Waals surface area contributed by atoms with E-state index < -0.39 is 75.9 Å². The van der Waals surface area contributed by atoms with Crippen molar-refractivity contribution in [2.45, 2.75) is 97.3 Å². The summed E-state index contributed by atoms with van der Waals surface area (Å²) in [5, 5.41) is 25.3. The van der Waals surface area contributed by atoms with Crippen LogP contribution in [0.2, 0.25) is 0 Å². The number of alkyl halides is 3. The molecule has 7 rings (SSSR count). The third-order valence-corrected chi connectivity index (χ3v) is 14.0. The number of thiocarbonyl (C=S) groups is 1. The molecule has 73 heavy (non-hydrogen) atoms. The fourth-order valence-corrected chi connectivity index (χ4v) is 10.0. The van der Waals surface area contributed by atoms with Crippen molar-refractivity contribution >= 4 is 63.7 Å². The number of nitrogens with zero attached hydrogens (tertiary/aromatic N) is 5. The lowest BCUT2D eigenvalue weighted by Gasteiger charge is -2.35. The molecule has 2 aliphatic heterocycles. The average molecular weight is 1040 g/mol. The van der Waals surface area contributed by atoms with Gasteiger partial charge in [-0.3, -0.25) is 24.1 Å². The zero-order chi connectivity index (χ0) is 53.0. The van der Waals surface area contributed by atoms with Crippen molar-refractivity contribution in [2.24, 2.45) is 5.41 Å². The molecule has 3 N–H and O–H groups in total. The van der Waals surface area contributed by atoms with E-state index in [0.717, 1.165) is 32.7 Å². The van der Waals surface area contributed by atoms with Crippen molar-refractivity contribution in [1.82, 2.24) is 20.5 Å². The van der Waals surface area contributed by atoms with Gasteiger partial charge in [0, 0.05) is 26.1 Å². The number of aliphatic hydroxyl groups excluding tert-OH is 1. The minimum absolute atomic E-state index is 0.0495. The summed E-state index contributed by atoms with van der Waals surface area (Å²) in [4.78, 5) is 63.0. The summed E-state index contributed by atoms with van der Waals surface area (Å²) in [6.07, 6.45) is -4.57. The molecule has 1 aromatic heterocycles. The number of benzene rings is 4. The monoisotopic (exact) mass is 1040 g/mol. The zero-order valence-corrected chi connectivity index (χ0v) is 42.6. The lowest BCUT2D eigenvalue weighted by molar-refractivity contribution is -0.144. The number of hydrogen-bond acceptors (Lipinski definition) is 11. The molecule has 3 atom stereocenters. The number of hydrogen-bond donors (Lipinski definition) is 3. The topological polar surface area (TPSA) is 177 Å². The van der Waals surface area contributed by atoms with Crippen molar-refractivity contribution < 1.29 is 51.3 Å². The lowest BCUT2D eigenvalue weighted by Crippen LogP contribution is -2.58. The SMILES string of the molecule is Cc1ncsc1-c1ccc(CNC(=O)[C@@H]2C[C@@H](O)CN2C(=O)[C@@H](NC(=O)COCCCCOc2ccc(-c3ccc(N4C(=S)N(c5ccc(C#N)c(C(F)(F)F)c5)C(=O)C4(C)C)c(F)c3)cc2)C(C)(C)C)cc1. The van der Waals surface area contributed by atoms with Crippen LogP contribution in [0.25, 0.3) is 21.6 Å². The van der Waals surface area contributed by atoms with E-state index in [1.54, 1.807) is 68.0 Å². The second-order valence-corrected chi connectivity index (χ2v) is 20.6. The molecular formula is C53H55F4N7O7S2. The molecule has 5 aromatic rings. The van der Waals surface area contributed by atoms with Gasteiger partial charge in [-0.1, -0.05) is 63.2 Å². The summed E-state index contributed by atoms with van der Waals surface area (Å²) < 4.78 is 68.8. The normalized spacial score (nSPS) is 17.2. The van der Waals surface area contributed by atoms with Crippen LogP contribution >= 0.6 is 23.6 Å². The Kier molecular flexibility index (Phi) is 16.4. The van der Waals surface area contributed by atoms with Gasteiger partial charge >= 0.3 is 6.18 Å². The van der Waals surface area contributed by atoms with Crippen molar-refractivity contribution in [3.63, 3.8) is 0 Å². The van der Waals surface area contributed by atoms with Gasteiger partial charge in [0.2, 0.25) is 17.7 Å². The van der Waals surface area contributed by atoms with E-state index in [9.17, 15) is 42.7 Å². The van der Waals surface area contributed by atoms with Crippen LogP contribution in [0, 0.1) is 29.5 Å². The van der Waals surface area contributed by atoms with E-state index in [2.05, 4.69) is 15.6 Å². The number of amides is 4. The summed E-state index contributed by atoms with van der Waals surface area (Å²) in [6.45, 7) is 10.8. The Morgan fingerprint density at radius 1 is 0.973 bits per heavy atom. The number of nitriles is 1. The van der Waals surface area contributed by atoms with Crippen LogP contribution in [-0.4, -0.2) is 93.8 Å². The minimum atomic E-state index is -4.87. The molecular weight excluding hydrogens is 987 g/mol. The van der Waals surface area contributed by atoms with Crippen molar-refractivity contribution in [1.29, 1.82) is 5.26 Å². The van der Waals surface area contributed by atoms with E-state index in [1.165, 1.54) is 47.9 Å². The molecule has 0 saturated carbocycles. The third-order valence-electron chi connectivity index (χ3n) is 12.6. The maximum Gasteiger partial charge on any atom is 0.417 e. The van der Waals surface area contributed by atoms with Gasteiger partial charge in [-0.2, -0.15) is 18.4 Å². The molecule has 14 nitrogen and oxygen atoms in total. The number of likely N-dealkylation sites (tertiary alicyclic amines) is 1. The highest BCUT2D eigenvalue weighted by atomic mass is 32.1. The molecule has 0 spiro atoms. The number of anilines is 2. The molecule has 0 bridgehead atoms. The fraction of sp³-hybridized carbons (Fsp3) is 0.377. The fourth-order valence-electron chi connectivity index (χ4n) is 8.69. The van der Waals surface area contributed by atoms with Crippen molar-refractivity contribution in [2.75, 3.05) is 36.2 Å². The number of thiazole rings is 1. The standard InChI is InChI=1S/C53H55F4N7O7S2/c1-31-45(73-30-60-31)34-11-9-32(10-12-34)27-59-47(67)43-25-38(65)28-62(43)48(68)46(51(2,3)4)61-44(66)29-70-21-7-8-22-71-39-18-14-33(15-19-39)35-16-20-42(41(54)23-35)64-50(72)63(49(69)52(64,5)6)37-17-13-36(26-58)40(24-37)53(55,56)57/h9-20,23-24,30,38,43,46,65H,7-8,21-22,25,27-29H2,1-6H3,(H,59,67)(H,61,66)/t38-,43+,46-/m1/s1. The van der Waals surface area contributed by atoms with Gasteiger partial charge in [0.25, 0.3) is 5.91 Å². The molecule has 0 unspecified atom stereocenters. The van der Waals surface area contributed by atoms with Crippen molar-refractivity contribution in [3.05, 3.63) is 119 Å². The van der Waals surface area contributed by atoms with Gasteiger partial charge in [-0.15, -0.1) is 11.3 Å². The number of halogens is 4. The van der Waals surface area contributed by atoms with E-state index >= 15 is 4.39 Å². The number of carbonyl (C=O) groups is 4. The van der Waals surface area contributed by atoms with Crippen molar-refractivity contribution in [3.8, 4) is 33.4 Å². The Morgan fingerprint density at radius 2 is 1.64 bits per heavy atom. The molecule has 2 aliphatic rings. The molecule has 2 saturated heterocycles. The summed E-state index contributed by atoms with van der Waals surface area (Å²) >= 11 is 7.12. The highest BCUT2D eigenvalue weighted by molar-refractivity contribution is 7.81.